The molecule has 0 heterocycles. The smallest absolute Gasteiger partial charge is 0.243 e. The van der Waals surface area contributed by atoms with Crippen LogP contribution in [0, 0.1) is 5.92 Å². The van der Waals surface area contributed by atoms with E-state index in [0.29, 0.717) is 25.3 Å². The lowest BCUT2D eigenvalue weighted by Gasteiger charge is -2.21. The first-order valence-electron chi connectivity index (χ1n) is 9.15. The van der Waals surface area contributed by atoms with Gasteiger partial charge in [0.1, 0.15) is 0 Å². The summed E-state index contributed by atoms with van der Waals surface area (Å²) in [5.41, 5.74) is 1.20. The number of nitrogens with one attached hydrogen (secondary N) is 3. The van der Waals surface area contributed by atoms with Crippen molar-refractivity contribution in [3.63, 3.8) is 0 Å². The molecule has 0 radical (unpaired) electrons. The number of amides is 1. The minimum absolute atomic E-state index is 0. The van der Waals surface area contributed by atoms with Gasteiger partial charge in [-0.15, -0.1) is 12.4 Å². The Labute approximate surface area is 169 Å². The third kappa shape index (κ3) is 6.95. The molecule has 0 aliphatic rings. The van der Waals surface area contributed by atoms with Crippen LogP contribution >= 0.6 is 12.4 Å². The zero-order valence-corrected chi connectivity index (χ0v) is 18.5. The molecule has 1 rings (SSSR count). The number of sulfonamides is 1. The molecule has 0 fully saturated rings. The van der Waals surface area contributed by atoms with Crippen LogP contribution in [0.4, 0.5) is 11.4 Å². The van der Waals surface area contributed by atoms with Crippen LogP contribution in [-0.2, 0) is 14.8 Å². The lowest BCUT2D eigenvalue weighted by atomic mass is 10.1. The number of nitrogens with zero attached hydrogens (tertiary/aromatic N) is 1. The van der Waals surface area contributed by atoms with Gasteiger partial charge in [-0.05, 0) is 31.7 Å². The second-order valence-corrected chi connectivity index (χ2v) is 8.11. The standard InChI is InChI=1S/C18H32N4O3S.ClH/c1-6-11-20-16-10-9-15(26(24,25)22(7-2)8-3)12-17(16)21-18(23)14(4)13-19-5;/h9-10,12,14,19-20H,6-8,11,13H2,1-5H3,(H,21,23);1H. The highest BCUT2D eigenvalue weighted by atomic mass is 35.5. The summed E-state index contributed by atoms with van der Waals surface area (Å²) < 4.78 is 27.0. The number of rotatable bonds is 11. The average molecular weight is 421 g/mol. The van der Waals surface area contributed by atoms with Gasteiger partial charge in [0.05, 0.1) is 16.3 Å². The number of carbonyl (C=O) groups is 1. The number of carbonyl (C=O) groups excluding carboxylic acids is 1. The van der Waals surface area contributed by atoms with Crippen molar-refractivity contribution >= 4 is 39.7 Å². The van der Waals surface area contributed by atoms with Crippen molar-refractivity contribution in [2.75, 3.05) is 43.9 Å². The Balaban J connectivity index is 0.00000676. The Kier molecular flexibility index (Phi) is 11.6. The molecule has 9 heteroatoms. The first kappa shape index (κ1) is 25.6. The van der Waals surface area contributed by atoms with Gasteiger partial charge in [-0.25, -0.2) is 8.42 Å². The summed E-state index contributed by atoms with van der Waals surface area (Å²) in [6.07, 6.45) is 0.920. The van der Waals surface area contributed by atoms with Gasteiger partial charge in [0, 0.05) is 32.1 Å². The molecule has 0 aromatic heterocycles. The molecule has 7 nitrogen and oxygen atoms in total. The van der Waals surface area contributed by atoms with Crippen molar-refractivity contribution in [2.45, 2.75) is 39.0 Å². The highest BCUT2D eigenvalue weighted by Gasteiger charge is 2.23. The summed E-state index contributed by atoms with van der Waals surface area (Å²) >= 11 is 0. The van der Waals surface area contributed by atoms with Crippen LogP contribution in [0.3, 0.4) is 0 Å². The molecule has 1 aromatic rings. The van der Waals surface area contributed by atoms with Crippen molar-refractivity contribution in [3.8, 4) is 0 Å². The van der Waals surface area contributed by atoms with Crippen molar-refractivity contribution in [3.05, 3.63) is 18.2 Å². The lowest BCUT2D eigenvalue weighted by Crippen LogP contribution is -2.31. The molecule has 1 atom stereocenters. The first-order chi connectivity index (χ1) is 12.3. The van der Waals surface area contributed by atoms with E-state index >= 15 is 0 Å². The second kappa shape index (κ2) is 12.2. The third-order valence-electron chi connectivity index (χ3n) is 4.12. The highest BCUT2D eigenvalue weighted by Crippen LogP contribution is 2.28. The highest BCUT2D eigenvalue weighted by molar-refractivity contribution is 7.89. The van der Waals surface area contributed by atoms with Gasteiger partial charge in [0.25, 0.3) is 0 Å². The maximum Gasteiger partial charge on any atom is 0.243 e. The van der Waals surface area contributed by atoms with Crippen LogP contribution in [0.2, 0.25) is 0 Å². The van der Waals surface area contributed by atoms with Crippen LogP contribution in [0.1, 0.15) is 34.1 Å². The van der Waals surface area contributed by atoms with Crippen molar-refractivity contribution in [1.29, 1.82) is 0 Å². The Morgan fingerprint density at radius 1 is 1.15 bits per heavy atom. The molecule has 0 aliphatic carbocycles. The number of benzene rings is 1. The Hall–Kier alpha value is -1.35. The van der Waals surface area contributed by atoms with Crippen LogP contribution in [0.15, 0.2) is 23.1 Å². The van der Waals surface area contributed by atoms with E-state index in [4.69, 9.17) is 0 Å². The Morgan fingerprint density at radius 2 is 1.78 bits per heavy atom. The molecular weight excluding hydrogens is 388 g/mol. The predicted molar refractivity (Wildman–Crippen MR) is 114 cm³/mol. The van der Waals surface area contributed by atoms with Gasteiger partial charge in [0.2, 0.25) is 15.9 Å². The fourth-order valence-electron chi connectivity index (χ4n) is 2.57. The van der Waals surface area contributed by atoms with E-state index in [0.717, 1.165) is 18.7 Å². The predicted octanol–water partition coefficient (Wildman–Crippen LogP) is 2.75. The molecule has 0 spiro atoms. The Morgan fingerprint density at radius 3 is 2.30 bits per heavy atom. The zero-order chi connectivity index (χ0) is 19.7. The molecule has 0 saturated heterocycles. The van der Waals surface area contributed by atoms with Gasteiger partial charge < -0.3 is 16.0 Å². The minimum atomic E-state index is -3.59. The van der Waals surface area contributed by atoms with Crippen molar-refractivity contribution < 1.29 is 13.2 Å². The molecular formula is C18H33ClN4O3S. The van der Waals surface area contributed by atoms with Crippen LogP contribution in [0.5, 0.6) is 0 Å². The van der Waals surface area contributed by atoms with Gasteiger partial charge in [-0.2, -0.15) is 4.31 Å². The minimum Gasteiger partial charge on any atom is -0.383 e. The molecule has 1 unspecified atom stereocenters. The fourth-order valence-corrected chi connectivity index (χ4v) is 4.05. The lowest BCUT2D eigenvalue weighted by molar-refractivity contribution is -0.119. The Bertz CT molecular complexity index is 694. The molecule has 3 N–H and O–H groups in total. The topological polar surface area (TPSA) is 90.5 Å². The SMILES string of the molecule is CCCNc1ccc(S(=O)(=O)N(CC)CC)cc1NC(=O)C(C)CNC.Cl. The average Bonchev–Trinajstić information content (AvgIpc) is 2.61. The van der Waals surface area contributed by atoms with E-state index in [1.54, 1.807) is 33.0 Å². The first-order valence-corrected chi connectivity index (χ1v) is 10.6. The van der Waals surface area contributed by atoms with Gasteiger partial charge in [0.15, 0.2) is 0 Å². The van der Waals surface area contributed by atoms with Gasteiger partial charge >= 0.3 is 0 Å². The number of hydrogen-bond acceptors (Lipinski definition) is 5. The van der Waals surface area contributed by atoms with Gasteiger partial charge in [-0.3, -0.25) is 4.79 Å². The second-order valence-electron chi connectivity index (χ2n) is 6.17. The molecule has 1 amide bonds. The normalized spacial score (nSPS) is 12.4. The maximum absolute atomic E-state index is 12.8. The van der Waals surface area contributed by atoms with E-state index < -0.39 is 10.0 Å². The van der Waals surface area contributed by atoms with Crippen molar-refractivity contribution in [1.82, 2.24) is 9.62 Å². The monoisotopic (exact) mass is 420 g/mol. The zero-order valence-electron chi connectivity index (χ0n) is 16.8. The van der Waals surface area contributed by atoms with E-state index in [2.05, 4.69) is 16.0 Å². The summed E-state index contributed by atoms with van der Waals surface area (Å²) in [6.45, 7) is 9.55. The quantitative estimate of drug-likeness (QED) is 0.512. The number of anilines is 2. The summed E-state index contributed by atoms with van der Waals surface area (Å²) in [7, 11) is -1.80. The summed E-state index contributed by atoms with van der Waals surface area (Å²) in [4.78, 5) is 12.6. The van der Waals surface area contributed by atoms with E-state index in [1.807, 2.05) is 13.8 Å². The van der Waals surface area contributed by atoms with Crippen LogP contribution < -0.4 is 16.0 Å². The van der Waals surface area contributed by atoms with Crippen LogP contribution in [-0.4, -0.2) is 51.9 Å². The summed E-state index contributed by atoms with van der Waals surface area (Å²) in [6, 6.07) is 4.83. The van der Waals surface area contributed by atoms with E-state index in [1.165, 1.54) is 10.4 Å². The fraction of sp³-hybridized carbons (Fsp3) is 0.611. The summed E-state index contributed by atoms with van der Waals surface area (Å²) in [5.74, 6) is -0.390. The number of hydrogen-bond donors (Lipinski definition) is 3. The molecule has 27 heavy (non-hydrogen) atoms. The molecule has 0 bridgehead atoms. The third-order valence-corrected chi connectivity index (χ3v) is 6.16. The van der Waals surface area contributed by atoms with Crippen LogP contribution in [0.25, 0.3) is 0 Å². The number of halogens is 1. The van der Waals surface area contributed by atoms with E-state index in [9.17, 15) is 13.2 Å². The molecule has 0 aliphatic heterocycles. The molecule has 1 aromatic carbocycles. The largest absolute Gasteiger partial charge is 0.383 e. The molecule has 0 saturated carbocycles. The summed E-state index contributed by atoms with van der Waals surface area (Å²) in [5, 5.41) is 9.07. The molecule has 156 valence electrons. The van der Waals surface area contributed by atoms with Gasteiger partial charge in [-0.1, -0.05) is 27.7 Å². The maximum atomic E-state index is 12.8. The van der Waals surface area contributed by atoms with E-state index in [-0.39, 0.29) is 29.1 Å². The van der Waals surface area contributed by atoms with Crippen molar-refractivity contribution in [2.24, 2.45) is 5.92 Å².